The van der Waals surface area contributed by atoms with E-state index in [0.717, 1.165) is 35.3 Å². The van der Waals surface area contributed by atoms with Crippen LogP contribution in [-0.4, -0.2) is 60.4 Å². The van der Waals surface area contributed by atoms with E-state index in [1.54, 1.807) is 19.2 Å². The Morgan fingerprint density at radius 3 is 2.63 bits per heavy atom. The number of amides is 1. The lowest BCUT2D eigenvalue weighted by Gasteiger charge is -2.33. The van der Waals surface area contributed by atoms with Gasteiger partial charge in [0.1, 0.15) is 18.2 Å². The summed E-state index contributed by atoms with van der Waals surface area (Å²) in [6.45, 7) is 2.23. The molecule has 0 aliphatic carbocycles. The average molecular weight is 411 g/mol. The van der Waals surface area contributed by atoms with Gasteiger partial charge in [0.2, 0.25) is 5.91 Å². The molecule has 3 aromatic rings. The van der Waals surface area contributed by atoms with Crippen LogP contribution in [0.1, 0.15) is 18.9 Å². The minimum Gasteiger partial charge on any atom is -0.382 e. The predicted molar refractivity (Wildman–Crippen MR) is 113 cm³/mol. The maximum absolute atomic E-state index is 14.0. The number of methoxy groups -OCH3 is 1. The van der Waals surface area contributed by atoms with Gasteiger partial charge in [-0.3, -0.25) is 4.79 Å². The summed E-state index contributed by atoms with van der Waals surface area (Å²) >= 11 is 0. The van der Waals surface area contributed by atoms with Crippen LogP contribution in [0.2, 0.25) is 0 Å². The van der Waals surface area contributed by atoms with Gasteiger partial charge in [0.25, 0.3) is 0 Å². The topological polar surface area (TPSA) is 56.6 Å². The molecule has 0 saturated carbocycles. The second kappa shape index (κ2) is 9.36. The van der Waals surface area contributed by atoms with Gasteiger partial charge in [-0.1, -0.05) is 30.3 Å². The lowest BCUT2D eigenvalue weighted by atomic mass is 10.0. The van der Waals surface area contributed by atoms with E-state index in [4.69, 9.17) is 14.5 Å². The number of nitrogens with zero attached hydrogens (tertiary/aromatic N) is 3. The number of ether oxygens (including phenoxy) is 2. The number of piperidine rings is 1. The first-order valence-corrected chi connectivity index (χ1v) is 10.2. The highest BCUT2D eigenvalue weighted by molar-refractivity contribution is 5.81. The fourth-order valence-corrected chi connectivity index (χ4v) is 3.99. The zero-order valence-corrected chi connectivity index (χ0v) is 17.1. The summed E-state index contributed by atoms with van der Waals surface area (Å²) in [6, 6.07) is 14.8. The Morgan fingerprint density at radius 1 is 1.13 bits per heavy atom. The van der Waals surface area contributed by atoms with Crippen molar-refractivity contribution in [3.05, 3.63) is 54.3 Å². The number of hydrogen-bond acceptors (Lipinski definition) is 4. The maximum atomic E-state index is 14.0. The molecule has 6 nitrogen and oxygen atoms in total. The lowest BCUT2D eigenvalue weighted by molar-refractivity contribution is -0.137. The number of likely N-dealkylation sites (tertiary alicyclic amines) is 1. The summed E-state index contributed by atoms with van der Waals surface area (Å²) in [5, 5.41) is 0. The van der Waals surface area contributed by atoms with Gasteiger partial charge in [-0.2, -0.15) is 0 Å². The summed E-state index contributed by atoms with van der Waals surface area (Å²) < 4.78 is 26.5. The number of rotatable bonds is 7. The van der Waals surface area contributed by atoms with E-state index in [9.17, 15) is 9.18 Å². The molecule has 0 atom stereocenters. The second-order valence-corrected chi connectivity index (χ2v) is 7.46. The maximum Gasteiger partial charge on any atom is 0.248 e. The van der Waals surface area contributed by atoms with Crippen molar-refractivity contribution in [2.45, 2.75) is 18.9 Å². The van der Waals surface area contributed by atoms with E-state index in [2.05, 4.69) is 4.57 Å². The van der Waals surface area contributed by atoms with E-state index in [0.29, 0.717) is 26.3 Å². The average Bonchev–Trinajstić information content (AvgIpc) is 3.16. The van der Waals surface area contributed by atoms with Gasteiger partial charge >= 0.3 is 0 Å². The Bertz CT molecular complexity index is 998. The molecule has 158 valence electrons. The minimum absolute atomic E-state index is 0.00521. The number of hydrogen-bond donors (Lipinski definition) is 0. The first-order valence-electron chi connectivity index (χ1n) is 10.2. The molecular weight excluding hydrogens is 385 g/mol. The smallest absolute Gasteiger partial charge is 0.248 e. The first-order chi connectivity index (χ1) is 14.7. The van der Waals surface area contributed by atoms with Crippen LogP contribution in [0, 0.1) is 5.82 Å². The number of halogens is 1. The van der Waals surface area contributed by atoms with E-state index < -0.39 is 0 Å². The standard InChI is InChI=1S/C23H26FN3O3/c1-29-13-14-30-16-22(28)26-11-9-19(10-12-26)27-21-15-18(24)7-8-20(21)25-23(27)17-5-3-2-4-6-17/h2-8,15,19H,9-14,16H2,1H3. The highest BCUT2D eigenvalue weighted by Crippen LogP contribution is 2.33. The SMILES string of the molecule is COCCOCC(=O)N1CCC(n2c(-c3ccccc3)nc3ccc(F)cc32)CC1. The van der Waals surface area contributed by atoms with E-state index in [-0.39, 0.29) is 24.4 Å². The van der Waals surface area contributed by atoms with Gasteiger partial charge < -0.3 is 18.9 Å². The second-order valence-electron chi connectivity index (χ2n) is 7.46. The fraction of sp³-hybridized carbons (Fsp3) is 0.391. The largest absolute Gasteiger partial charge is 0.382 e. The molecule has 1 fully saturated rings. The molecule has 0 spiro atoms. The van der Waals surface area contributed by atoms with Gasteiger partial charge in [0, 0.05) is 31.8 Å². The summed E-state index contributed by atoms with van der Waals surface area (Å²) in [6.07, 6.45) is 1.57. The molecule has 0 radical (unpaired) electrons. The zero-order valence-electron chi connectivity index (χ0n) is 17.1. The molecule has 1 aliphatic rings. The van der Waals surface area contributed by atoms with Crippen LogP contribution in [0.3, 0.4) is 0 Å². The fourth-order valence-electron chi connectivity index (χ4n) is 3.99. The predicted octanol–water partition coefficient (Wildman–Crippen LogP) is 3.67. The molecule has 0 N–H and O–H groups in total. The molecule has 2 heterocycles. The lowest BCUT2D eigenvalue weighted by Crippen LogP contribution is -2.41. The van der Waals surface area contributed by atoms with Crippen molar-refractivity contribution in [3.63, 3.8) is 0 Å². The highest BCUT2D eigenvalue weighted by atomic mass is 19.1. The van der Waals surface area contributed by atoms with Gasteiger partial charge in [-0.25, -0.2) is 9.37 Å². The van der Waals surface area contributed by atoms with Gasteiger partial charge in [-0.05, 0) is 31.0 Å². The third kappa shape index (κ3) is 4.37. The van der Waals surface area contributed by atoms with Crippen molar-refractivity contribution < 1.29 is 18.7 Å². The van der Waals surface area contributed by atoms with Crippen LogP contribution < -0.4 is 0 Å². The van der Waals surface area contributed by atoms with Gasteiger partial charge in [0.15, 0.2) is 0 Å². The summed E-state index contributed by atoms with van der Waals surface area (Å²) in [7, 11) is 1.60. The molecule has 30 heavy (non-hydrogen) atoms. The summed E-state index contributed by atoms with van der Waals surface area (Å²) in [5.74, 6) is 0.558. The Hall–Kier alpha value is -2.77. The molecule has 1 aliphatic heterocycles. The molecule has 1 saturated heterocycles. The van der Waals surface area contributed by atoms with Gasteiger partial charge in [0.05, 0.1) is 24.2 Å². The molecule has 7 heteroatoms. The monoisotopic (exact) mass is 411 g/mol. The van der Waals surface area contributed by atoms with Crippen molar-refractivity contribution in [1.29, 1.82) is 0 Å². The van der Waals surface area contributed by atoms with Crippen molar-refractivity contribution in [2.24, 2.45) is 0 Å². The molecular formula is C23H26FN3O3. The normalized spacial score (nSPS) is 15.1. The quantitative estimate of drug-likeness (QED) is 0.557. The molecule has 1 amide bonds. The zero-order chi connectivity index (χ0) is 20.9. The van der Waals surface area contributed by atoms with E-state index >= 15 is 0 Å². The number of aromatic nitrogens is 2. The summed E-state index contributed by atoms with van der Waals surface area (Å²) in [4.78, 5) is 19.0. The molecule has 0 unspecified atom stereocenters. The Balaban J connectivity index is 1.54. The van der Waals surface area contributed by atoms with E-state index in [1.807, 2.05) is 35.2 Å². The third-order valence-corrected chi connectivity index (χ3v) is 5.52. The van der Waals surface area contributed by atoms with Crippen LogP contribution in [0.25, 0.3) is 22.4 Å². The molecule has 1 aromatic heterocycles. The molecule has 2 aromatic carbocycles. The van der Waals surface area contributed by atoms with Crippen LogP contribution in [0.4, 0.5) is 4.39 Å². The van der Waals surface area contributed by atoms with Crippen molar-refractivity contribution in [2.75, 3.05) is 40.0 Å². The van der Waals surface area contributed by atoms with Crippen LogP contribution in [0.15, 0.2) is 48.5 Å². The number of imidazole rings is 1. The number of fused-ring (bicyclic) bond motifs is 1. The van der Waals surface area contributed by atoms with Crippen molar-refractivity contribution in [1.82, 2.24) is 14.5 Å². The van der Waals surface area contributed by atoms with Crippen LogP contribution >= 0.6 is 0 Å². The number of carbonyl (C=O) groups excluding carboxylic acids is 1. The third-order valence-electron chi connectivity index (χ3n) is 5.52. The number of carbonyl (C=O) groups is 1. The minimum atomic E-state index is -0.274. The Morgan fingerprint density at radius 2 is 1.90 bits per heavy atom. The highest BCUT2D eigenvalue weighted by Gasteiger charge is 2.27. The Kier molecular flexibility index (Phi) is 6.40. The molecule has 4 rings (SSSR count). The first kappa shape index (κ1) is 20.5. The molecule has 0 bridgehead atoms. The Labute approximate surface area is 175 Å². The summed E-state index contributed by atoms with van der Waals surface area (Å²) in [5.41, 5.74) is 2.57. The van der Waals surface area contributed by atoms with Crippen molar-refractivity contribution >= 4 is 16.9 Å². The van der Waals surface area contributed by atoms with Gasteiger partial charge in [-0.15, -0.1) is 0 Å². The van der Waals surface area contributed by atoms with Crippen molar-refractivity contribution in [3.8, 4) is 11.4 Å². The van der Waals surface area contributed by atoms with Crippen LogP contribution in [-0.2, 0) is 14.3 Å². The van der Waals surface area contributed by atoms with Crippen LogP contribution in [0.5, 0.6) is 0 Å². The number of benzene rings is 2. The van der Waals surface area contributed by atoms with E-state index in [1.165, 1.54) is 6.07 Å².